The Morgan fingerprint density at radius 3 is 2.41 bits per heavy atom. The Morgan fingerprint density at radius 1 is 1.35 bits per heavy atom. The number of benzene rings is 1. The fourth-order valence-electron chi connectivity index (χ4n) is 1.13. The molecule has 0 aliphatic heterocycles. The Bertz CT molecular complexity index is 517. The summed E-state index contributed by atoms with van der Waals surface area (Å²) in [5.41, 5.74) is 1.55. The van der Waals surface area contributed by atoms with Crippen LogP contribution >= 0.6 is 0 Å². The maximum absolute atomic E-state index is 10.9. The molecular weight excluding hydrogens is 242 g/mol. The topological polar surface area (TPSA) is 83.5 Å². The lowest BCUT2D eigenvalue weighted by molar-refractivity contribution is -0.131. The molecule has 0 aromatic heterocycles. The number of sulfonamides is 1. The summed E-state index contributed by atoms with van der Waals surface area (Å²) in [4.78, 5) is 10.3. The molecule has 0 saturated heterocycles. The molecule has 1 rings (SSSR count). The molecule has 0 atom stereocenters. The highest BCUT2D eigenvalue weighted by molar-refractivity contribution is 7.88. The average molecular weight is 255 g/mol. The zero-order chi connectivity index (χ0) is 12.9. The Morgan fingerprint density at radius 2 is 1.94 bits per heavy atom. The summed E-state index contributed by atoms with van der Waals surface area (Å²) in [5, 5.41) is 8.44. The third kappa shape index (κ3) is 5.84. The van der Waals surface area contributed by atoms with Crippen LogP contribution < -0.4 is 4.72 Å². The van der Waals surface area contributed by atoms with Crippen molar-refractivity contribution in [3.05, 3.63) is 41.5 Å². The maximum Gasteiger partial charge on any atom is 0.328 e. The molecule has 0 unspecified atom stereocenters. The molecule has 0 heterocycles. The number of aliphatic carboxylic acids is 1. The molecule has 0 radical (unpaired) electrons. The van der Waals surface area contributed by atoms with Crippen molar-refractivity contribution < 1.29 is 18.3 Å². The second-order valence-corrected chi connectivity index (χ2v) is 5.34. The van der Waals surface area contributed by atoms with Crippen molar-refractivity contribution in [3.8, 4) is 0 Å². The lowest BCUT2D eigenvalue weighted by atomic mass is 10.1. The van der Waals surface area contributed by atoms with Gasteiger partial charge in [0.25, 0.3) is 0 Å². The average Bonchev–Trinajstić information content (AvgIpc) is 2.24. The molecule has 0 fully saturated rings. The Labute approximate surface area is 99.8 Å². The van der Waals surface area contributed by atoms with Gasteiger partial charge in [0.15, 0.2) is 0 Å². The maximum atomic E-state index is 10.9. The first-order valence-corrected chi connectivity index (χ1v) is 6.70. The molecule has 0 aliphatic rings. The van der Waals surface area contributed by atoms with Gasteiger partial charge in [0, 0.05) is 12.6 Å². The number of carboxylic acids is 1. The van der Waals surface area contributed by atoms with Gasteiger partial charge in [-0.1, -0.05) is 24.3 Å². The number of rotatable bonds is 5. The van der Waals surface area contributed by atoms with Crippen LogP contribution in [-0.2, 0) is 21.4 Å². The van der Waals surface area contributed by atoms with Crippen LogP contribution in [0.25, 0.3) is 6.08 Å². The first-order chi connectivity index (χ1) is 7.87. The Balaban J connectivity index is 2.65. The van der Waals surface area contributed by atoms with Gasteiger partial charge < -0.3 is 5.11 Å². The Kier molecular flexibility index (Phi) is 4.42. The highest BCUT2D eigenvalue weighted by atomic mass is 32.2. The number of carboxylic acid groups (broad SMARTS) is 1. The first-order valence-electron chi connectivity index (χ1n) is 4.81. The van der Waals surface area contributed by atoms with Gasteiger partial charge in [-0.2, -0.15) is 0 Å². The van der Waals surface area contributed by atoms with E-state index < -0.39 is 16.0 Å². The highest BCUT2D eigenvalue weighted by Gasteiger charge is 2.00. The molecule has 0 bridgehead atoms. The van der Waals surface area contributed by atoms with E-state index in [0.29, 0.717) is 0 Å². The van der Waals surface area contributed by atoms with Crippen LogP contribution in [0.2, 0.25) is 0 Å². The van der Waals surface area contributed by atoms with Gasteiger partial charge in [-0.25, -0.2) is 17.9 Å². The molecule has 1 aromatic carbocycles. The van der Waals surface area contributed by atoms with Crippen LogP contribution in [-0.4, -0.2) is 25.7 Å². The second-order valence-electron chi connectivity index (χ2n) is 3.51. The zero-order valence-electron chi connectivity index (χ0n) is 9.25. The summed E-state index contributed by atoms with van der Waals surface area (Å²) < 4.78 is 24.1. The molecule has 0 amide bonds. The molecule has 5 nitrogen and oxygen atoms in total. The molecule has 0 saturated carbocycles. The SMILES string of the molecule is CS(=O)(=O)NCc1ccc(C=CC(=O)O)cc1. The monoisotopic (exact) mass is 255 g/mol. The van der Waals surface area contributed by atoms with Crippen molar-refractivity contribution in [2.45, 2.75) is 6.54 Å². The van der Waals surface area contributed by atoms with E-state index in [-0.39, 0.29) is 6.54 Å². The third-order valence-corrected chi connectivity index (χ3v) is 2.61. The minimum atomic E-state index is -3.20. The minimum absolute atomic E-state index is 0.224. The van der Waals surface area contributed by atoms with Crippen molar-refractivity contribution in [3.63, 3.8) is 0 Å². The smallest absolute Gasteiger partial charge is 0.328 e. The van der Waals surface area contributed by atoms with E-state index in [0.717, 1.165) is 23.5 Å². The number of carbonyl (C=O) groups is 1. The van der Waals surface area contributed by atoms with Gasteiger partial charge in [0.05, 0.1) is 6.26 Å². The normalized spacial score (nSPS) is 11.8. The summed E-state index contributed by atoms with van der Waals surface area (Å²) in [5.74, 6) is -1.01. The number of hydrogen-bond donors (Lipinski definition) is 2. The molecule has 1 aromatic rings. The molecule has 2 N–H and O–H groups in total. The van der Waals surface area contributed by atoms with Crippen molar-refractivity contribution in [2.75, 3.05) is 6.26 Å². The first kappa shape index (κ1) is 13.4. The third-order valence-electron chi connectivity index (χ3n) is 1.94. The predicted octanol–water partition coefficient (Wildman–Crippen LogP) is 0.834. The molecule has 17 heavy (non-hydrogen) atoms. The van der Waals surface area contributed by atoms with E-state index in [9.17, 15) is 13.2 Å². The summed E-state index contributed by atoms with van der Waals surface area (Å²) in [6.45, 7) is 0.224. The molecule has 92 valence electrons. The lowest BCUT2D eigenvalue weighted by Gasteiger charge is -2.02. The van der Waals surface area contributed by atoms with Crippen LogP contribution in [0, 0.1) is 0 Å². The fraction of sp³-hybridized carbons (Fsp3) is 0.182. The van der Waals surface area contributed by atoms with E-state index in [1.54, 1.807) is 24.3 Å². The van der Waals surface area contributed by atoms with Gasteiger partial charge in [-0.3, -0.25) is 0 Å². The van der Waals surface area contributed by atoms with Crippen molar-refractivity contribution in [1.29, 1.82) is 0 Å². The van der Waals surface area contributed by atoms with Gasteiger partial charge in [-0.05, 0) is 17.2 Å². The van der Waals surface area contributed by atoms with E-state index in [1.165, 1.54) is 6.08 Å². The fourth-order valence-corrected chi connectivity index (χ4v) is 1.56. The van der Waals surface area contributed by atoms with Crippen molar-refractivity contribution in [2.24, 2.45) is 0 Å². The summed E-state index contributed by atoms with van der Waals surface area (Å²) in [6.07, 6.45) is 3.61. The van der Waals surface area contributed by atoms with E-state index in [1.807, 2.05) is 0 Å². The van der Waals surface area contributed by atoms with Crippen LogP contribution in [0.5, 0.6) is 0 Å². The predicted molar refractivity (Wildman–Crippen MR) is 64.8 cm³/mol. The van der Waals surface area contributed by atoms with Gasteiger partial charge >= 0.3 is 5.97 Å². The summed E-state index contributed by atoms with van der Waals surface area (Å²) >= 11 is 0. The molecular formula is C11H13NO4S. The van der Waals surface area contributed by atoms with E-state index in [2.05, 4.69) is 4.72 Å². The second kappa shape index (κ2) is 5.60. The Hall–Kier alpha value is -1.66. The van der Waals surface area contributed by atoms with E-state index >= 15 is 0 Å². The van der Waals surface area contributed by atoms with Gasteiger partial charge in [0.2, 0.25) is 10.0 Å². The highest BCUT2D eigenvalue weighted by Crippen LogP contribution is 2.06. The zero-order valence-corrected chi connectivity index (χ0v) is 10.1. The molecule has 0 spiro atoms. The van der Waals surface area contributed by atoms with Crippen LogP contribution in [0.4, 0.5) is 0 Å². The van der Waals surface area contributed by atoms with Gasteiger partial charge in [0.1, 0.15) is 0 Å². The quantitative estimate of drug-likeness (QED) is 0.763. The van der Waals surface area contributed by atoms with Crippen molar-refractivity contribution >= 4 is 22.1 Å². The molecule has 6 heteroatoms. The number of nitrogens with one attached hydrogen (secondary N) is 1. The minimum Gasteiger partial charge on any atom is -0.478 e. The standard InChI is InChI=1S/C11H13NO4S/c1-17(15,16)12-8-10-4-2-9(3-5-10)6-7-11(13)14/h2-7,12H,8H2,1H3,(H,13,14). The van der Waals surface area contributed by atoms with Crippen LogP contribution in [0.1, 0.15) is 11.1 Å². The van der Waals surface area contributed by atoms with Gasteiger partial charge in [-0.15, -0.1) is 0 Å². The molecule has 0 aliphatic carbocycles. The number of hydrogen-bond acceptors (Lipinski definition) is 3. The largest absolute Gasteiger partial charge is 0.478 e. The van der Waals surface area contributed by atoms with E-state index in [4.69, 9.17) is 5.11 Å². The van der Waals surface area contributed by atoms with Crippen LogP contribution in [0.15, 0.2) is 30.3 Å². The summed E-state index contributed by atoms with van der Waals surface area (Å²) in [6, 6.07) is 6.91. The summed E-state index contributed by atoms with van der Waals surface area (Å²) in [7, 11) is -3.20. The lowest BCUT2D eigenvalue weighted by Crippen LogP contribution is -2.21. The van der Waals surface area contributed by atoms with Crippen molar-refractivity contribution in [1.82, 2.24) is 4.72 Å². The van der Waals surface area contributed by atoms with Crippen LogP contribution in [0.3, 0.4) is 0 Å².